The van der Waals surface area contributed by atoms with E-state index in [4.69, 9.17) is 48.4 Å². The molecule has 13 rings (SSSR count). The Morgan fingerprint density at radius 1 is 0.515 bits per heavy atom. The molecule has 0 fully saturated rings. The lowest BCUT2D eigenvalue weighted by atomic mass is 10.2. The van der Waals surface area contributed by atoms with Crippen LogP contribution >= 0.6 is 0 Å². The van der Waals surface area contributed by atoms with Crippen LogP contribution in [0.2, 0.25) is 0 Å². The summed E-state index contributed by atoms with van der Waals surface area (Å²) in [5.74, 6) is -0.335. The Balaban J connectivity index is 0.000000157. The van der Waals surface area contributed by atoms with E-state index in [9.17, 15) is 28.3 Å². The van der Waals surface area contributed by atoms with Crippen LogP contribution in [0, 0.1) is 59.0 Å². The molecule has 0 aliphatic heterocycles. The number of alkyl carbamates (subject to hydrolysis) is 1. The molecule has 5 atom stereocenters. The predicted octanol–water partition coefficient (Wildman–Crippen LogP) is 12.3. The molecule has 9 aromatic heterocycles. The van der Waals surface area contributed by atoms with E-state index in [0.717, 1.165) is 28.2 Å². The zero-order valence-corrected chi connectivity index (χ0v) is 56.8. The van der Waals surface area contributed by atoms with Gasteiger partial charge in [-0.05, 0) is 136 Å². The number of carbonyl (C=O) groups is 3. The summed E-state index contributed by atoms with van der Waals surface area (Å²) in [5, 5.41) is 25.7. The number of fused-ring (bicyclic) bond motifs is 6. The van der Waals surface area contributed by atoms with Gasteiger partial charge in [-0.2, -0.15) is 30.2 Å². The molecule has 0 unspecified atom stereocenters. The van der Waals surface area contributed by atoms with Gasteiger partial charge in [0.25, 0.3) is 0 Å². The first-order chi connectivity index (χ1) is 48.4. The number of aromatic nitrogens is 12. The number of H-pyrrole nitrogens is 3. The number of benzene rings is 4. The van der Waals surface area contributed by atoms with Gasteiger partial charge in [0.1, 0.15) is 103 Å². The van der Waals surface area contributed by atoms with Gasteiger partial charge < -0.3 is 73.7 Å². The second-order valence-corrected chi connectivity index (χ2v) is 24.1. The summed E-state index contributed by atoms with van der Waals surface area (Å²) in [5.41, 5.74) is 14.7. The van der Waals surface area contributed by atoms with Crippen molar-refractivity contribution < 1.29 is 75.3 Å². The van der Waals surface area contributed by atoms with Crippen LogP contribution in [-0.2, 0) is 30.4 Å². The van der Waals surface area contributed by atoms with Crippen LogP contribution in [0.5, 0.6) is 52.1 Å². The van der Waals surface area contributed by atoms with Gasteiger partial charge in [0.05, 0.1) is 24.7 Å². The first-order valence-corrected chi connectivity index (χ1v) is 31.9. The molecule has 7 N–H and O–H groups in total. The fourth-order valence-electron chi connectivity index (χ4n) is 10.7. The first kappa shape index (κ1) is 70.4. The van der Waals surface area contributed by atoms with Crippen molar-refractivity contribution in [2.45, 2.75) is 113 Å². The molecule has 9 heterocycles. The monoisotopic (exact) mass is 1390 g/mol. The fourth-order valence-corrected chi connectivity index (χ4v) is 10.7. The van der Waals surface area contributed by atoms with E-state index in [1.54, 1.807) is 111 Å². The smallest absolute Gasteiger partial charge is 0.408 e. The van der Waals surface area contributed by atoms with Gasteiger partial charge in [0.2, 0.25) is 17.6 Å². The number of ether oxygens (including phenoxy) is 9. The lowest BCUT2D eigenvalue weighted by Gasteiger charge is -2.18. The minimum atomic E-state index is -0.931. The highest BCUT2D eigenvalue weighted by molar-refractivity contribution is 5.85. The molecule has 0 aliphatic carbocycles. The predicted molar refractivity (Wildman–Crippen MR) is 365 cm³/mol. The number of carbonyl (C=O) groups excluding carboxylic acids is 3. The van der Waals surface area contributed by atoms with Crippen LogP contribution in [0.4, 0.5) is 18.0 Å². The summed E-state index contributed by atoms with van der Waals surface area (Å²) in [7, 11) is 0. The largest absolute Gasteiger partial charge is 0.489 e. The van der Waals surface area contributed by atoms with Gasteiger partial charge in [-0.3, -0.25) is 4.79 Å². The van der Waals surface area contributed by atoms with E-state index in [0.29, 0.717) is 77.6 Å². The first-order valence-electron chi connectivity index (χ1n) is 31.9. The Bertz CT molecular complexity index is 5160. The van der Waals surface area contributed by atoms with Gasteiger partial charge in [0, 0.05) is 66.5 Å². The Morgan fingerprint density at radius 3 is 1.25 bits per heavy atom. The summed E-state index contributed by atoms with van der Waals surface area (Å²) < 4.78 is 100. The number of hydrogen-bond acceptors (Lipinski definition) is 20. The van der Waals surface area contributed by atoms with Crippen LogP contribution < -0.4 is 39.5 Å². The van der Waals surface area contributed by atoms with Crippen LogP contribution in [0.1, 0.15) is 74.0 Å². The maximum absolute atomic E-state index is 15.1. The standard InChI is InChI=1S/C30H30FN5O6.C22H24FN5O4.C19H19FN4O3/c1-17-12-22-23(34-17)10-11-24(26(22)31)42-28-27-19(3)25(13-36(27)33-16-32-28)39-14-18(2)41-29(37)20(4)35-30(38)40-15-21-8-6-5-7-9-21;1-11-7-15-16(27-11)5-6-17(19(15)23)32-21-20-13(3)18(8-28(20)26-10-25-21)30-9-12(2)31-22(29)14(4)24;1-10-6-13-14(23-10)4-5-15(17(13)20)27-19-18-12(3)16(26-8-11(2)25)7-24(18)22-9-21-19/h5-13,16,18,20,34H,14-15H2,1-4H3,(H,35,38);5-8,10,12,14,27H,9,24H2,1-4H3;4-7,9,11,23,25H,8H2,1-3H3/t18-,20+;12-,14+;11-/m111/s1. The van der Waals surface area contributed by atoms with Crippen molar-refractivity contribution >= 4 is 67.3 Å². The number of nitrogens with two attached hydrogens (primary N) is 1. The van der Waals surface area contributed by atoms with E-state index in [-0.39, 0.29) is 61.3 Å². The van der Waals surface area contributed by atoms with Gasteiger partial charge in [0.15, 0.2) is 34.7 Å². The second-order valence-electron chi connectivity index (χ2n) is 24.1. The quantitative estimate of drug-likeness (QED) is 0.0271. The Morgan fingerprint density at radius 2 is 0.881 bits per heavy atom. The zero-order valence-electron chi connectivity index (χ0n) is 56.8. The molecule has 30 heteroatoms. The summed E-state index contributed by atoms with van der Waals surface area (Å²) in [6.07, 6.45) is 6.45. The van der Waals surface area contributed by atoms with Crippen molar-refractivity contribution in [2.24, 2.45) is 5.73 Å². The maximum atomic E-state index is 15.1. The number of halogens is 3. The van der Waals surface area contributed by atoms with Gasteiger partial charge in [-0.15, -0.1) is 0 Å². The van der Waals surface area contributed by atoms with Crippen molar-refractivity contribution in [2.75, 3.05) is 19.8 Å². The van der Waals surface area contributed by atoms with Crippen molar-refractivity contribution in [1.29, 1.82) is 0 Å². The Kier molecular flexibility index (Phi) is 21.2. The number of aryl methyl sites for hydroxylation is 6. The minimum Gasteiger partial charge on any atom is -0.489 e. The third-order valence-corrected chi connectivity index (χ3v) is 15.7. The number of nitrogens with zero attached hydrogens (tertiary/aromatic N) is 9. The van der Waals surface area contributed by atoms with E-state index >= 15 is 4.39 Å². The van der Waals surface area contributed by atoms with Crippen molar-refractivity contribution in [1.82, 2.24) is 64.1 Å². The maximum Gasteiger partial charge on any atom is 0.408 e. The van der Waals surface area contributed by atoms with E-state index in [1.807, 2.05) is 65.0 Å². The molecule has 0 bridgehead atoms. The van der Waals surface area contributed by atoms with E-state index < -0.39 is 65.9 Å². The highest BCUT2D eigenvalue weighted by Crippen LogP contribution is 2.39. The second kappa shape index (κ2) is 30.5. The highest BCUT2D eigenvalue weighted by Gasteiger charge is 2.26. The number of esters is 2. The van der Waals surface area contributed by atoms with Crippen LogP contribution in [0.3, 0.4) is 0 Å². The topological polar surface area (TPSA) is 330 Å². The summed E-state index contributed by atoms with van der Waals surface area (Å²) >= 11 is 0. The Labute approximate surface area is 574 Å². The van der Waals surface area contributed by atoms with E-state index in [1.165, 1.54) is 36.5 Å². The number of rotatable bonds is 22. The van der Waals surface area contributed by atoms with Gasteiger partial charge in [-0.25, -0.2) is 36.3 Å². The molecule has 13 aromatic rings. The number of amides is 1. The average Bonchev–Trinajstić information content (AvgIpc) is 1.60. The fraction of sp³-hybridized carbons (Fsp3) is 0.282. The van der Waals surface area contributed by atoms with Crippen molar-refractivity contribution in [3.05, 3.63) is 179 Å². The lowest BCUT2D eigenvalue weighted by Crippen LogP contribution is -2.41. The molecule has 0 radical (unpaired) electrons. The average molecular weight is 1390 g/mol. The molecular weight excluding hydrogens is 1310 g/mol. The van der Waals surface area contributed by atoms with Gasteiger partial charge in [-0.1, -0.05) is 30.3 Å². The summed E-state index contributed by atoms with van der Waals surface area (Å²) in [4.78, 5) is 58.0. The van der Waals surface area contributed by atoms with Crippen LogP contribution in [0.25, 0.3) is 49.3 Å². The highest BCUT2D eigenvalue weighted by atomic mass is 19.1. The molecule has 101 heavy (non-hydrogen) atoms. The third-order valence-electron chi connectivity index (χ3n) is 15.7. The molecule has 0 saturated heterocycles. The molecule has 0 aliphatic rings. The molecular formula is C71H73F3N14O13. The van der Waals surface area contributed by atoms with Crippen molar-refractivity contribution in [3.8, 4) is 52.1 Å². The number of aliphatic hydroxyl groups excluding tert-OH is 1. The molecule has 4 aromatic carbocycles. The van der Waals surface area contributed by atoms with Crippen LogP contribution in [-0.4, -0.2) is 132 Å². The molecule has 1 amide bonds. The number of nitrogens with one attached hydrogen (secondary N) is 4. The molecule has 27 nitrogen and oxygen atoms in total. The van der Waals surface area contributed by atoms with Crippen LogP contribution in [0.15, 0.2) is 123 Å². The number of aromatic amines is 3. The number of aliphatic hydroxyl groups is 1. The lowest BCUT2D eigenvalue weighted by molar-refractivity contribution is -0.152. The number of hydrogen-bond donors (Lipinski definition) is 6. The zero-order chi connectivity index (χ0) is 71.9. The third kappa shape index (κ3) is 16.1. The minimum absolute atomic E-state index is 0.0242. The summed E-state index contributed by atoms with van der Waals surface area (Å²) in [6, 6.07) is 22.6. The SMILES string of the molecule is Cc1cc2c(F)c(Oc3ncnn4cc(OC[C@@H](C)O)c(C)c34)ccc2[nH]1.Cc1cc2c(F)c(Oc3ncnn4cc(OC[C@@H](C)OC(=O)[C@H](C)N)c(C)c34)ccc2[nH]1.Cc1cc2c(F)c(Oc3ncnn4cc(OC[C@@H](C)OC(=O)[C@H](C)NC(=O)OCc5ccccc5)c(C)c34)ccc2[nH]1. The van der Waals surface area contributed by atoms with Gasteiger partial charge >= 0.3 is 18.0 Å². The summed E-state index contributed by atoms with van der Waals surface area (Å²) in [6.45, 7) is 19.5. The molecule has 0 saturated carbocycles. The molecule has 526 valence electrons. The van der Waals surface area contributed by atoms with E-state index in [2.05, 4.69) is 50.5 Å². The van der Waals surface area contributed by atoms with Crippen molar-refractivity contribution in [3.63, 3.8) is 0 Å². The normalized spacial score (nSPS) is 12.8. The molecule has 0 spiro atoms. The Hall–Kier alpha value is -11.9.